The highest BCUT2D eigenvalue weighted by atomic mass is 16.4. The predicted octanol–water partition coefficient (Wildman–Crippen LogP) is 2.80. The minimum atomic E-state index is -1.09. The van der Waals surface area contributed by atoms with Gasteiger partial charge in [0.2, 0.25) is 0 Å². The standard InChI is InChI=1S/C18H18N2O3/c1-12-15(13-5-3-2-4-6-13)9-10-20(12)17(21)14-7-8-16(18(22)23)19-11-14/h2-8,11-12,15H,9-10H2,1H3,(H,22,23)/t12-,15+/m0/s1. The summed E-state index contributed by atoms with van der Waals surface area (Å²) in [4.78, 5) is 29.2. The van der Waals surface area contributed by atoms with Gasteiger partial charge < -0.3 is 10.0 Å². The molecule has 0 spiro atoms. The third-order valence-corrected chi connectivity index (χ3v) is 4.47. The van der Waals surface area contributed by atoms with Crippen molar-refractivity contribution in [1.82, 2.24) is 9.88 Å². The van der Waals surface area contributed by atoms with E-state index < -0.39 is 5.97 Å². The van der Waals surface area contributed by atoms with E-state index in [1.54, 1.807) is 0 Å². The minimum Gasteiger partial charge on any atom is -0.477 e. The molecular weight excluding hydrogens is 292 g/mol. The van der Waals surface area contributed by atoms with Crippen LogP contribution in [0.4, 0.5) is 0 Å². The van der Waals surface area contributed by atoms with Gasteiger partial charge >= 0.3 is 5.97 Å². The summed E-state index contributed by atoms with van der Waals surface area (Å²) in [5.41, 5.74) is 1.61. The van der Waals surface area contributed by atoms with Crippen LogP contribution >= 0.6 is 0 Å². The van der Waals surface area contributed by atoms with E-state index in [0.717, 1.165) is 6.42 Å². The molecule has 1 saturated heterocycles. The third-order valence-electron chi connectivity index (χ3n) is 4.47. The van der Waals surface area contributed by atoms with Gasteiger partial charge in [0.05, 0.1) is 5.56 Å². The maximum Gasteiger partial charge on any atom is 0.354 e. The largest absolute Gasteiger partial charge is 0.477 e. The molecule has 0 saturated carbocycles. The molecule has 1 aliphatic heterocycles. The van der Waals surface area contributed by atoms with E-state index in [1.807, 2.05) is 23.1 Å². The number of carboxylic acid groups (broad SMARTS) is 1. The Labute approximate surface area is 134 Å². The van der Waals surface area contributed by atoms with Crippen LogP contribution in [0.3, 0.4) is 0 Å². The number of carbonyl (C=O) groups excluding carboxylic acids is 1. The molecular formula is C18H18N2O3. The summed E-state index contributed by atoms with van der Waals surface area (Å²) in [6, 6.07) is 13.2. The number of benzene rings is 1. The van der Waals surface area contributed by atoms with Gasteiger partial charge in [-0.1, -0.05) is 30.3 Å². The Morgan fingerprint density at radius 1 is 1.17 bits per heavy atom. The van der Waals surface area contributed by atoms with Crippen LogP contribution in [0.5, 0.6) is 0 Å². The van der Waals surface area contributed by atoms with Crippen LogP contribution in [0.15, 0.2) is 48.7 Å². The van der Waals surface area contributed by atoms with Crippen molar-refractivity contribution < 1.29 is 14.7 Å². The highest BCUT2D eigenvalue weighted by Crippen LogP contribution is 2.33. The second-order valence-corrected chi connectivity index (χ2v) is 5.78. The summed E-state index contributed by atoms with van der Waals surface area (Å²) < 4.78 is 0. The zero-order valence-electron chi connectivity index (χ0n) is 12.8. The summed E-state index contributed by atoms with van der Waals surface area (Å²) in [6.07, 6.45) is 2.27. The van der Waals surface area contributed by atoms with Crippen molar-refractivity contribution in [1.29, 1.82) is 0 Å². The number of hydrogen-bond acceptors (Lipinski definition) is 3. The van der Waals surface area contributed by atoms with E-state index >= 15 is 0 Å². The molecule has 1 N–H and O–H groups in total. The summed E-state index contributed by atoms with van der Waals surface area (Å²) >= 11 is 0. The second-order valence-electron chi connectivity index (χ2n) is 5.78. The number of aromatic carboxylic acids is 1. The minimum absolute atomic E-state index is 0.0572. The summed E-state index contributed by atoms with van der Waals surface area (Å²) in [7, 11) is 0. The van der Waals surface area contributed by atoms with Gasteiger partial charge in [0.1, 0.15) is 5.69 Å². The van der Waals surface area contributed by atoms with E-state index in [9.17, 15) is 9.59 Å². The molecule has 1 aliphatic rings. The number of aromatic nitrogens is 1. The Kier molecular flexibility index (Phi) is 4.10. The fourth-order valence-corrected chi connectivity index (χ4v) is 3.18. The Hall–Kier alpha value is -2.69. The molecule has 2 heterocycles. The van der Waals surface area contributed by atoms with Gasteiger partial charge in [-0.25, -0.2) is 9.78 Å². The summed E-state index contributed by atoms with van der Waals surface area (Å²) in [6.45, 7) is 2.75. The number of amides is 1. The van der Waals surface area contributed by atoms with Crippen molar-refractivity contribution in [3.05, 3.63) is 65.5 Å². The molecule has 1 amide bonds. The molecule has 1 fully saturated rings. The van der Waals surface area contributed by atoms with Crippen LogP contribution in [0.25, 0.3) is 0 Å². The zero-order chi connectivity index (χ0) is 16.4. The topological polar surface area (TPSA) is 70.5 Å². The first-order valence-corrected chi connectivity index (χ1v) is 7.63. The van der Waals surface area contributed by atoms with Gasteiger partial charge in [-0.05, 0) is 31.0 Å². The van der Waals surface area contributed by atoms with Gasteiger partial charge in [-0.15, -0.1) is 0 Å². The zero-order valence-corrected chi connectivity index (χ0v) is 12.8. The number of carboxylic acids is 1. The van der Waals surface area contributed by atoms with Gasteiger partial charge in [0, 0.05) is 24.7 Å². The predicted molar refractivity (Wildman–Crippen MR) is 85.5 cm³/mol. The van der Waals surface area contributed by atoms with E-state index in [1.165, 1.54) is 23.9 Å². The lowest BCUT2D eigenvalue weighted by molar-refractivity contribution is 0.0686. The van der Waals surface area contributed by atoms with Gasteiger partial charge in [0.15, 0.2) is 0 Å². The van der Waals surface area contributed by atoms with Gasteiger partial charge in [-0.2, -0.15) is 0 Å². The number of carbonyl (C=O) groups is 2. The number of pyridine rings is 1. The lowest BCUT2D eigenvalue weighted by Crippen LogP contribution is -2.35. The molecule has 5 heteroatoms. The fraction of sp³-hybridized carbons (Fsp3) is 0.278. The Morgan fingerprint density at radius 3 is 2.52 bits per heavy atom. The highest BCUT2D eigenvalue weighted by molar-refractivity contribution is 5.95. The second kappa shape index (κ2) is 6.20. The first-order valence-electron chi connectivity index (χ1n) is 7.63. The smallest absolute Gasteiger partial charge is 0.354 e. The molecule has 1 aromatic heterocycles. The van der Waals surface area contributed by atoms with Crippen LogP contribution in [-0.4, -0.2) is 39.5 Å². The molecule has 1 aromatic carbocycles. The average molecular weight is 310 g/mol. The quantitative estimate of drug-likeness (QED) is 0.946. The van der Waals surface area contributed by atoms with E-state index in [4.69, 9.17) is 5.11 Å². The van der Waals surface area contributed by atoms with Crippen LogP contribution < -0.4 is 0 Å². The van der Waals surface area contributed by atoms with Crippen LogP contribution in [0, 0.1) is 0 Å². The van der Waals surface area contributed by atoms with Crippen molar-refractivity contribution in [3.63, 3.8) is 0 Å². The molecule has 0 radical (unpaired) electrons. The molecule has 23 heavy (non-hydrogen) atoms. The van der Waals surface area contributed by atoms with Crippen LogP contribution in [0.2, 0.25) is 0 Å². The van der Waals surface area contributed by atoms with E-state index in [-0.39, 0.29) is 17.6 Å². The first-order chi connectivity index (χ1) is 11.1. The number of likely N-dealkylation sites (tertiary alicyclic amines) is 1. The van der Waals surface area contributed by atoms with Crippen molar-refractivity contribution >= 4 is 11.9 Å². The maximum atomic E-state index is 12.7. The summed E-state index contributed by atoms with van der Waals surface area (Å²) in [5.74, 6) is -0.866. The lowest BCUT2D eigenvalue weighted by atomic mass is 9.93. The van der Waals surface area contributed by atoms with Gasteiger partial charge in [0.25, 0.3) is 5.91 Å². The lowest BCUT2D eigenvalue weighted by Gasteiger charge is -2.25. The number of nitrogens with zero attached hydrogens (tertiary/aromatic N) is 2. The molecule has 3 rings (SSSR count). The number of hydrogen-bond donors (Lipinski definition) is 1. The average Bonchev–Trinajstić information content (AvgIpc) is 2.96. The van der Waals surface area contributed by atoms with Crippen molar-refractivity contribution in [3.8, 4) is 0 Å². The summed E-state index contributed by atoms with van der Waals surface area (Å²) in [5, 5.41) is 8.87. The number of rotatable bonds is 3. The Morgan fingerprint density at radius 2 is 1.91 bits per heavy atom. The van der Waals surface area contributed by atoms with E-state index in [0.29, 0.717) is 18.0 Å². The van der Waals surface area contributed by atoms with Crippen molar-refractivity contribution in [2.45, 2.75) is 25.3 Å². The monoisotopic (exact) mass is 310 g/mol. The van der Waals surface area contributed by atoms with Crippen molar-refractivity contribution in [2.24, 2.45) is 0 Å². The SMILES string of the molecule is C[C@H]1[C@H](c2ccccc2)CCN1C(=O)c1ccc(C(=O)O)nc1. The van der Waals surface area contributed by atoms with Crippen LogP contribution in [0.1, 0.15) is 45.7 Å². The Bertz CT molecular complexity index is 713. The molecule has 2 aromatic rings. The molecule has 2 atom stereocenters. The maximum absolute atomic E-state index is 12.7. The Balaban J connectivity index is 1.77. The first kappa shape index (κ1) is 15.2. The molecule has 5 nitrogen and oxygen atoms in total. The molecule has 118 valence electrons. The van der Waals surface area contributed by atoms with E-state index in [2.05, 4.69) is 24.0 Å². The normalized spacial score (nSPS) is 20.5. The van der Waals surface area contributed by atoms with Crippen LogP contribution in [-0.2, 0) is 0 Å². The van der Waals surface area contributed by atoms with Gasteiger partial charge in [-0.3, -0.25) is 4.79 Å². The molecule has 0 unspecified atom stereocenters. The molecule has 0 aliphatic carbocycles. The van der Waals surface area contributed by atoms with Crippen molar-refractivity contribution in [2.75, 3.05) is 6.54 Å². The molecule has 0 bridgehead atoms. The highest BCUT2D eigenvalue weighted by Gasteiger charge is 2.35. The third kappa shape index (κ3) is 2.95. The fourth-order valence-electron chi connectivity index (χ4n) is 3.18.